The molecule has 1 aliphatic rings. The Kier molecular flexibility index (Phi) is 4.07. The summed E-state index contributed by atoms with van der Waals surface area (Å²) in [6.45, 7) is 1.98. The smallest absolute Gasteiger partial charge is 0.338 e. The third-order valence-electron chi connectivity index (χ3n) is 3.53. The monoisotopic (exact) mass is 344 g/mol. The minimum atomic E-state index is -0.240. The summed E-state index contributed by atoms with van der Waals surface area (Å²) >= 11 is 2.32. The second kappa shape index (κ2) is 5.38. The molecule has 0 bridgehead atoms. The SMILES string of the molecule is COC(=O)c1cc(I)c(CC2CCC2)cc1C. The summed E-state index contributed by atoms with van der Waals surface area (Å²) in [5, 5.41) is 0. The topological polar surface area (TPSA) is 26.3 Å². The summed E-state index contributed by atoms with van der Waals surface area (Å²) in [6.07, 6.45) is 5.24. The van der Waals surface area contributed by atoms with Crippen LogP contribution in [-0.4, -0.2) is 13.1 Å². The maximum atomic E-state index is 11.6. The van der Waals surface area contributed by atoms with Gasteiger partial charge in [-0.3, -0.25) is 0 Å². The highest BCUT2D eigenvalue weighted by molar-refractivity contribution is 14.1. The molecular weight excluding hydrogens is 327 g/mol. The Morgan fingerprint density at radius 1 is 1.47 bits per heavy atom. The number of halogens is 1. The molecule has 0 amide bonds. The fourth-order valence-electron chi connectivity index (χ4n) is 2.24. The Morgan fingerprint density at radius 3 is 2.71 bits per heavy atom. The first kappa shape index (κ1) is 12.9. The van der Waals surface area contributed by atoms with Gasteiger partial charge in [-0.1, -0.05) is 25.3 Å². The number of esters is 1. The standard InChI is InChI=1S/C14H17IO2/c1-9-6-11(7-10-4-3-5-10)13(15)8-12(9)14(16)17-2/h6,8,10H,3-5,7H2,1-2H3. The number of hydrogen-bond acceptors (Lipinski definition) is 2. The minimum absolute atomic E-state index is 0.240. The summed E-state index contributed by atoms with van der Waals surface area (Å²) in [5.41, 5.74) is 3.08. The molecule has 0 spiro atoms. The highest BCUT2D eigenvalue weighted by atomic mass is 127. The summed E-state index contributed by atoms with van der Waals surface area (Å²) < 4.78 is 5.96. The molecule has 0 unspecified atom stereocenters. The third kappa shape index (κ3) is 2.81. The van der Waals surface area contributed by atoms with Crippen molar-refractivity contribution in [2.24, 2.45) is 5.92 Å². The van der Waals surface area contributed by atoms with Gasteiger partial charge in [-0.15, -0.1) is 0 Å². The highest BCUT2D eigenvalue weighted by Gasteiger charge is 2.20. The van der Waals surface area contributed by atoms with Crippen LogP contribution in [0.5, 0.6) is 0 Å². The predicted octanol–water partition coefficient (Wildman–Crippen LogP) is 3.73. The molecule has 92 valence electrons. The van der Waals surface area contributed by atoms with E-state index < -0.39 is 0 Å². The lowest BCUT2D eigenvalue weighted by atomic mass is 9.80. The lowest BCUT2D eigenvalue weighted by Crippen LogP contribution is -2.15. The number of benzene rings is 1. The Morgan fingerprint density at radius 2 is 2.18 bits per heavy atom. The molecule has 1 fully saturated rings. The van der Waals surface area contributed by atoms with E-state index in [0.29, 0.717) is 5.56 Å². The van der Waals surface area contributed by atoms with Crippen molar-refractivity contribution in [2.75, 3.05) is 7.11 Å². The third-order valence-corrected chi connectivity index (χ3v) is 4.54. The van der Waals surface area contributed by atoms with E-state index in [9.17, 15) is 4.79 Å². The Balaban J connectivity index is 2.24. The molecule has 0 aromatic heterocycles. The van der Waals surface area contributed by atoms with E-state index in [4.69, 9.17) is 4.74 Å². The highest BCUT2D eigenvalue weighted by Crippen LogP contribution is 2.32. The Labute approximate surface area is 116 Å². The summed E-state index contributed by atoms with van der Waals surface area (Å²) in [4.78, 5) is 11.6. The summed E-state index contributed by atoms with van der Waals surface area (Å²) in [6, 6.07) is 4.10. The average molecular weight is 344 g/mol. The molecule has 2 rings (SSSR count). The van der Waals surface area contributed by atoms with Gasteiger partial charge in [0.1, 0.15) is 0 Å². The van der Waals surface area contributed by atoms with Crippen LogP contribution in [0.3, 0.4) is 0 Å². The second-order valence-corrected chi connectivity index (χ2v) is 5.91. The second-order valence-electron chi connectivity index (χ2n) is 4.75. The van der Waals surface area contributed by atoms with Gasteiger partial charge >= 0.3 is 5.97 Å². The van der Waals surface area contributed by atoms with E-state index in [-0.39, 0.29) is 5.97 Å². The van der Waals surface area contributed by atoms with E-state index in [2.05, 4.69) is 28.7 Å². The molecule has 0 aliphatic heterocycles. The first-order chi connectivity index (χ1) is 8.11. The van der Waals surface area contributed by atoms with Gasteiger partial charge in [0.25, 0.3) is 0 Å². The first-order valence-electron chi connectivity index (χ1n) is 5.99. The van der Waals surface area contributed by atoms with Crippen molar-refractivity contribution in [2.45, 2.75) is 32.6 Å². The fraction of sp³-hybridized carbons (Fsp3) is 0.500. The number of hydrogen-bond donors (Lipinski definition) is 0. The molecule has 17 heavy (non-hydrogen) atoms. The average Bonchev–Trinajstić information content (AvgIpc) is 2.26. The Bertz CT molecular complexity index is 436. The van der Waals surface area contributed by atoms with Crippen molar-refractivity contribution in [1.82, 2.24) is 0 Å². The molecule has 1 saturated carbocycles. The van der Waals surface area contributed by atoms with Crippen molar-refractivity contribution < 1.29 is 9.53 Å². The fourth-order valence-corrected chi connectivity index (χ4v) is 2.92. The number of aryl methyl sites for hydroxylation is 1. The molecule has 1 aliphatic carbocycles. The van der Waals surface area contributed by atoms with E-state index in [1.165, 1.54) is 35.5 Å². The van der Waals surface area contributed by atoms with Crippen molar-refractivity contribution in [1.29, 1.82) is 0 Å². The van der Waals surface area contributed by atoms with E-state index in [1.54, 1.807) is 0 Å². The molecule has 1 aromatic rings. The van der Waals surface area contributed by atoms with Crippen LogP contribution in [0, 0.1) is 16.4 Å². The number of carbonyl (C=O) groups is 1. The molecule has 2 nitrogen and oxygen atoms in total. The van der Waals surface area contributed by atoms with Crippen LogP contribution in [0.1, 0.15) is 40.7 Å². The van der Waals surface area contributed by atoms with Crippen LogP contribution < -0.4 is 0 Å². The lowest BCUT2D eigenvalue weighted by molar-refractivity contribution is 0.0600. The van der Waals surface area contributed by atoms with Crippen LogP contribution >= 0.6 is 22.6 Å². The van der Waals surface area contributed by atoms with Crippen LogP contribution in [0.25, 0.3) is 0 Å². The number of carbonyl (C=O) groups excluding carboxylic acids is 1. The van der Waals surface area contributed by atoms with Crippen molar-refractivity contribution >= 4 is 28.6 Å². The van der Waals surface area contributed by atoms with Crippen molar-refractivity contribution in [3.05, 3.63) is 32.4 Å². The number of ether oxygens (including phenoxy) is 1. The van der Waals surface area contributed by atoms with E-state index >= 15 is 0 Å². The molecular formula is C14H17IO2. The molecule has 0 saturated heterocycles. The zero-order valence-electron chi connectivity index (χ0n) is 10.3. The lowest BCUT2D eigenvalue weighted by Gasteiger charge is -2.26. The van der Waals surface area contributed by atoms with Crippen molar-refractivity contribution in [3.63, 3.8) is 0 Å². The molecule has 0 radical (unpaired) electrons. The van der Waals surface area contributed by atoms with Crippen LogP contribution in [0.2, 0.25) is 0 Å². The van der Waals surface area contributed by atoms with Gasteiger partial charge in [-0.05, 0) is 59.0 Å². The molecule has 0 N–H and O–H groups in total. The van der Waals surface area contributed by atoms with E-state index in [0.717, 1.165) is 17.9 Å². The van der Waals surface area contributed by atoms with Crippen molar-refractivity contribution in [3.8, 4) is 0 Å². The first-order valence-corrected chi connectivity index (χ1v) is 7.07. The zero-order valence-corrected chi connectivity index (χ0v) is 12.4. The largest absolute Gasteiger partial charge is 0.465 e. The van der Waals surface area contributed by atoms with Crippen LogP contribution in [-0.2, 0) is 11.2 Å². The quantitative estimate of drug-likeness (QED) is 0.617. The molecule has 0 heterocycles. The maximum Gasteiger partial charge on any atom is 0.338 e. The normalized spacial score (nSPS) is 15.5. The number of methoxy groups -OCH3 is 1. The van der Waals surface area contributed by atoms with Gasteiger partial charge in [0.2, 0.25) is 0 Å². The number of rotatable bonds is 3. The zero-order chi connectivity index (χ0) is 12.4. The molecule has 0 atom stereocenters. The molecule has 1 aromatic carbocycles. The predicted molar refractivity (Wildman–Crippen MR) is 76.3 cm³/mol. The van der Waals surface area contributed by atoms with Gasteiger partial charge in [0, 0.05) is 3.57 Å². The van der Waals surface area contributed by atoms with Crippen LogP contribution in [0.4, 0.5) is 0 Å². The van der Waals surface area contributed by atoms with Gasteiger partial charge < -0.3 is 4.74 Å². The molecule has 3 heteroatoms. The van der Waals surface area contributed by atoms with Gasteiger partial charge in [-0.25, -0.2) is 4.79 Å². The van der Waals surface area contributed by atoms with E-state index in [1.807, 2.05) is 13.0 Å². The van der Waals surface area contributed by atoms with Gasteiger partial charge in [-0.2, -0.15) is 0 Å². The maximum absolute atomic E-state index is 11.6. The summed E-state index contributed by atoms with van der Waals surface area (Å²) in [5.74, 6) is 0.613. The summed E-state index contributed by atoms with van der Waals surface area (Å²) in [7, 11) is 1.43. The minimum Gasteiger partial charge on any atom is -0.465 e. The van der Waals surface area contributed by atoms with Gasteiger partial charge in [0.15, 0.2) is 0 Å². The Hall–Kier alpha value is -0.580. The van der Waals surface area contributed by atoms with Gasteiger partial charge in [0.05, 0.1) is 12.7 Å². The van der Waals surface area contributed by atoms with Crippen LogP contribution in [0.15, 0.2) is 12.1 Å².